The Morgan fingerprint density at radius 2 is 2.08 bits per heavy atom. The van der Waals surface area contributed by atoms with Crippen LogP contribution < -0.4 is 10.6 Å². The van der Waals surface area contributed by atoms with Crippen LogP contribution in [0.3, 0.4) is 0 Å². The highest BCUT2D eigenvalue weighted by atomic mass is 16.5. The van der Waals surface area contributed by atoms with Crippen LogP contribution in [0.25, 0.3) is 0 Å². The number of urea groups is 1. The van der Waals surface area contributed by atoms with Gasteiger partial charge in [-0.25, -0.2) is 4.79 Å². The van der Waals surface area contributed by atoms with E-state index in [1.807, 2.05) is 24.3 Å². The van der Waals surface area contributed by atoms with Gasteiger partial charge in [0.1, 0.15) is 11.9 Å². The van der Waals surface area contributed by atoms with E-state index in [1.165, 1.54) is 25.5 Å². The van der Waals surface area contributed by atoms with E-state index in [0.717, 1.165) is 18.4 Å². The molecule has 0 radical (unpaired) electrons. The van der Waals surface area contributed by atoms with Crippen LogP contribution >= 0.6 is 0 Å². The first-order valence-corrected chi connectivity index (χ1v) is 9.17. The number of hydrogen-bond acceptors (Lipinski definition) is 4. The normalized spacial score (nSPS) is 16.2. The highest BCUT2D eigenvalue weighted by Crippen LogP contribution is 2.22. The Hall–Kier alpha value is -2.31. The summed E-state index contributed by atoms with van der Waals surface area (Å²) in [5.74, 6) is 0.423. The molecule has 1 unspecified atom stereocenters. The van der Waals surface area contributed by atoms with E-state index in [1.54, 1.807) is 12.1 Å². The number of nitrogens with one attached hydrogen (secondary N) is 2. The lowest BCUT2D eigenvalue weighted by Gasteiger charge is -2.22. The van der Waals surface area contributed by atoms with Crippen molar-refractivity contribution in [3.63, 3.8) is 0 Å². The van der Waals surface area contributed by atoms with Crippen LogP contribution in [0.5, 0.6) is 0 Å². The fourth-order valence-electron chi connectivity index (χ4n) is 3.13. The molecule has 1 aliphatic carbocycles. The molecule has 6 nitrogen and oxygen atoms in total. The van der Waals surface area contributed by atoms with E-state index >= 15 is 0 Å². The van der Waals surface area contributed by atoms with Crippen molar-refractivity contribution in [1.29, 1.82) is 0 Å². The highest BCUT2D eigenvalue weighted by molar-refractivity contribution is 5.89. The Balaban J connectivity index is 1.44. The van der Waals surface area contributed by atoms with Gasteiger partial charge >= 0.3 is 6.03 Å². The molecule has 1 saturated carbocycles. The van der Waals surface area contributed by atoms with Crippen molar-refractivity contribution in [2.24, 2.45) is 0 Å². The second-order valence-electron chi connectivity index (χ2n) is 6.64. The van der Waals surface area contributed by atoms with Crippen molar-refractivity contribution in [2.45, 2.75) is 50.9 Å². The summed E-state index contributed by atoms with van der Waals surface area (Å²) in [5.41, 5.74) is 1.73. The second kappa shape index (κ2) is 9.40. The van der Waals surface area contributed by atoms with Gasteiger partial charge in [-0.3, -0.25) is 0 Å². The predicted molar refractivity (Wildman–Crippen MR) is 98.8 cm³/mol. The summed E-state index contributed by atoms with van der Waals surface area (Å²) in [6.45, 7) is 0.628. The molecule has 1 aromatic heterocycles. The molecule has 0 aliphatic heterocycles. The molecule has 1 aromatic carbocycles. The maximum Gasteiger partial charge on any atom is 0.319 e. The van der Waals surface area contributed by atoms with Crippen molar-refractivity contribution in [2.75, 3.05) is 11.9 Å². The van der Waals surface area contributed by atoms with E-state index in [2.05, 4.69) is 10.6 Å². The maximum atomic E-state index is 12.0. The molecular formula is C20H26N2O4. The first-order chi connectivity index (χ1) is 12.7. The van der Waals surface area contributed by atoms with Crippen LogP contribution in [-0.4, -0.2) is 23.8 Å². The number of ether oxygens (including phenoxy) is 1. The molecule has 140 valence electrons. The van der Waals surface area contributed by atoms with E-state index in [9.17, 15) is 9.90 Å². The molecule has 3 rings (SSSR count). The summed E-state index contributed by atoms with van der Waals surface area (Å²) in [6.07, 6.45) is 7.05. The van der Waals surface area contributed by atoms with Gasteiger partial charge in [0.05, 0.1) is 25.5 Å². The van der Waals surface area contributed by atoms with Crippen LogP contribution in [0, 0.1) is 0 Å². The lowest BCUT2D eigenvalue weighted by Crippen LogP contribution is -2.32. The molecule has 26 heavy (non-hydrogen) atoms. The number of aliphatic hydroxyl groups excluding tert-OH is 1. The quantitative estimate of drug-likeness (QED) is 0.699. The van der Waals surface area contributed by atoms with Crippen molar-refractivity contribution in [3.8, 4) is 0 Å². The van der Waals surface area contributed by atoms with Gasteiger partial charge in [0.15, 0.2) is 0 Å². The Bertz CT molecular complexity index is 681. The standard InChI is InChI=1S/C20H26N2O4/c23-18(19-10-5-11-25-19)13-21-20(24)22-16-7-4-6-15(12-16)14-26-17-8-2-1-3-9-17/h4-7,10-12,17-18,23H,1-3,8-9,13-14H2,(H2,21,22,24). The monoisotopic (exact) mass is 358 g/mol. The summed E-state index contributed by atoms with van der Waals surface area (Å²) in [6, 6.07) is 10.6. The molecule has 1 fully saturated rings. The predicted octanol–water partition coefficient (Wildman–Crippen LogP) is 3.98. The molecule has 1 heterocycles. The Labute approximate surface area is 153 Å². The Morgan fingerprint density at radius 1 is 1.23 bits per heavy atom. The van der Waals surface area contributed by atoms with Crippen LogP contribution in [-0.2, 0) is 11.3 Å². The molecule has 1 aliphatic rings. The lowest BCUT2D eigenvalue weighted by atomic mass is 9.98. The van der Waals surface area contributed by atoms with Gasteiger partial charge in [0.25, 0.3) is 0 Å². The molecule has 3 N–H and O–H groups in total. The summed E-state index contributed by atoms with van der Waals surface area (Å²) in [4.78, 5) is 12.0. The second-order valence-corrected chi connectivity index (χ2v) is 6.64. The minimum absolute atomic E-state index is 0.0732. The first-order valence-electron chi connectivity index (χ1n) is 9.17. The molecule has 2 aromatic rings. The third-order valence-electron chi connectivity index (χ3n) is 4.55. The van der Waals surface area contributed by atoms with Crippen molar-refractivity contribution in [1.82, 2.24) is 5.32 Å². The van der Waals surface area contributed by atoms with Crippen LogP contribution in [0.1, 0.15) is 49.5 Å². The fraction of sp³-hybridized carbons (Fsp3) is 0.450. The zero-order valence-electron chi connectivity index (χ0n) is 14.8. The fourth-order valence-corrected chi connectivity index (χ4v) is 3.13. The number of amides is 2. The topological polar surface area (TPSA) is 83.7 Å². The number of furan rings is 1. The minimum Gasteiger partial charge on any atom is -0.467 e. The highest BCUT2D eigenvalue weighted by Gasteiger charge is 2.14. The van der Waals surface area contributed by atoms with Gasteiger partial charge in [-0.1, -0.05) is 31.4 Å². The summed E-state index contributed by atoms with van der Waals surface area (Å²) < 4.78 is 11.1. The minimum atomic E-state index is -0.869. The van der Waals surface area contributed by atoms with E-state index < -0.39 is 6.10 Å². The molecule has 0 spiro atoms. The third kappa shape index (κ3) is 5.61. The zero-order chi connectivity index (χ0) is 18.2. The summed E-state index contributed by atoms with van der Waals surface area (Å²) in [7, 11) is 0. The van der Waals surface area contributed by atoms with Crippen LogP contribution in [0.2, 0.25) is 0 Å². The van der Waals surface area contributed by atoms with Crippen LogP contribution in [0.15, 0.2) is 47.1 Å². The zero-order valence-corrected chi connectivity index (χ0v) is 14.8. The SMILES string of the molecule is O=C(NCC(O)c1ccco1)Nc1cccc(COC2CCCCC2)c1. The van der Waals surface area contributed by atoms with Gasteiger partial charge in [-0.2, -0.15) is 0 Å². The van der Waals surface area contributed by atoms with Crippen molar-refractivity contribution in [3.05, 3.63) is 54.0 Å². The van der Waals surface area contributed by atoms with E-state index in [0.29, 0.717) is 24.2 Å². The van der Waals surface area contributed by atoms with Gasteiger partial charge in [-0.15, -0.1) is 0 Å². The van der Waals surface area contributed by atoms with E-state index in [-0.39, 0.29) is 12.6 Å². The van der Waals surface area contributed by atoms with Gasteiger partial charge < -0.3 is 24.9 Å². The first kappa shape index (κ1) is 18.5. The van der Waals surface area contributed by atoms with Gasteiger partial charge in [-0.05, 0) is 42.7 Å². The molecule has 0 bridgehead atoms. The third-order valence-corrected chi connectivity index (χ3v) is 4.55. The average molecular weight is 358 g/mol. The van der Waals surface area contributed by atoms with Crippen molar-refractivity contribution < 1.29 is 19.1 Å². The Morgan fingerprint density at radius 3 is 2.85 bits per heavy atom. The summed E-state index contributed by atoms with van der Waals surface area (Å²) in [5, 5.41) is 15.3. The molecule has 6 heteroatoms. The van der Waals surface area contributed by atoms with Crippen LogP contribution in [0.4, 0.5) is 10.5 Å². The number of carbonyl (C=O) groups is 1. The average Bonchev–Trinajstić information content (AvgIpc) is 3.20. The molecule has 1 atom stereocenters. The molecule has 0 saturated heterocycles. The molecular weight excluding hydrogens is 332 g/mol. The Kier molecular flexibility index (Phi) is 6.68. The number of aliphatic hydroxyl groups is 1. The molecule has 2 amide bonds. The maximum absolute atomic E-state index is 12.0. The smallest absolute Gasteiger partial charge is 0.319 e. The largest absolute Gasteiger partial charge is 0.467 e. The number of carbonyl (C=O) groups excluding carboxylic acids is 1. The van der Waals surface area contributed by atoms with Gasteiger partial charge in [0, 0.05) is 5.69 Å². The number of rotatable bonds is 7. The summed E-state index contributed by atoms with van der Waals surface area (Å²) >= 11 is 0. The number of hydrogen-bond donors (Lipinski definition) is 3. The van der Waals surface area contributed by atoms with E-state index in [4.69, 9.17) is 9.15 Å². The van der Waals surface area contributed by atoms with Crippen molar-refractivity contribution >= 4 is 11.7 Å². The van der Waals surface area contributed by atoms with Gasteiger partial charge in [0.2, 0.25) is 0 Å². The number of benzene rings is 1. The lowest BCUT2D eigenvalue weighted by molar-refractivity contribution is 0.0169. The number of anilines is 1.